The summed E-state index contributed by atoms with van der Waals surface area (Å²) in [5.74, 6) is 1.25. The fraction of sp³-hybridized carbons (Fsp3) is 0.529. The lowest BCUT2D eigenvalue weighted by Gasteiger charge is -2.33. The molecule has 1 saturated carbocycles. The number of benzene rings is 1. The standard InChI is InChI=1S/C17H23N3O/c1-17(10-6-3-7-11-17)13-18-12-15-19-20-16(21-15)14-8-4-2-5-9-14/h2,4-5,8-9,18H,3,6-7,10-13H2,1H3. The van der Waals surface area contributed by atoms with Crippen LogP contribution in [0, 0.1) is 5.41 Å². The van der Waals surface area contributed by atoms with E-state index >= 15 is 0 Å². The highest BCUT2D eigenvalue weighted by Crippen LogP contribution is 2.34. The molecule has 1 aromatic heterocycles. The zero-order chi connectivity index (χ0) is 14.5. The van der Waals surface area contributed by atoms with E-state index in [1.165, 1.54) is 32.1 Å². The number of hydrogen-bond acceptors (Lipinski definition) is 4. The maximum absolute atomic E-state index is 5.71. The van der Waals surface area contributed by atoms with Gasteiger partial charge in [0, 0.05) is 12.1 Å². The molecule has 4 nitrogen and oxygen atoms in total. The molecule has 0 spiro atoms. The van der Waals surface area contributed by atoms with Gasteiger partial charge in [-0.05, 0) is 30.4 Å². The molecule has 0 aliphatic heterocycles. The van der Waals surface area contributed by atoms with Crippen LogP contribution in [0.25, 0.3) is 11.5 Å². The molecule has 21 heavy (non-hydrogen) atoms. The van der Waals surface area contributed by atoms with E-state index < -0.39 is 0 Å². The molecule has 1 aliphatic carbocycles. The van der Waals surface area contributed by atoms with E-state index in [4.69, 9.17) is 4.42 Å². The van der Waals surface area contributed by atoms with Crippen LogP contribution in [0.2, 0.25) is 0 Å². The van der Waals surface area contributed by atoms with E-state index in [0.717, 1.165) is 12.1 Å². The molecular formula is C17H23N3O. The molecule has 1 fully saturated rings. The van der Waals surface area contributed by atoms with Gasteiger partial charge in [-0.25, -0.2) is 0 Å². The Morgan fingerprint density at radius 1 is 1.10 bits per heavy atom. The summed E-state index contributed by atoms with van der Waals surface area (Å²) in [5, 5.41) is 11.7. The van der Waals surface area contributed by atoms with E-state index in [0.29, 0.717) is 23.7 Å². The van der Waals surface area contributed by atoms with Crippen LogP contribution in [0.1, 0.15) is 44.9 Å². The van der Waals surface area contributed by atoms with Crippen LogP contribution in [-0.2, 0) is 6.54 Å². The molecule has 3 rings (SSSR count). The van der Waals surface area contributed by atoms with Gasteiger partial charge in [0.1, 0.15) is 0 Å². The second-order valence-corrected chi connectivity index (χ2v) is 6.34. The van der Waals surface area contributed by atoms with Gasteiger partial charge in [-0.1, -0.05) is 44.4 Å². The Morgan fingerprint density at radius 3 is 2.62 bits per heavy atom. The van der Waals surface area contributed by atoms with Crippen LogP contribution in [0.5, 0.6) is 0 Å². The minimum absolute atomic E-state index is 0.431. The summed E-state index contributed by atoms with van der Waals surface area (Å²) in [5.41, 5.74) is 1.40. The summed E-state index contributed by atoms with van der Waals surface area (Å²) in [6.07, 6.45) is 6.74. The number of rotatable bonds is 5. The summed E-state index contributed by atoms with van der Waals surface area (Å²) in [4.78, 5) is 0. The zero-order valence-corrected chi connectivity index (χ0v) is 12.6. The highest BCUT2D eigenvalue weighted by molar-refractivity contribution is 5.51. The van der Waals surface area contributed by atoms with E-state index in [9.17, 15) is 0 Å². The average Bonchev–Trinajstić information content (AvgIpc) is 2.98. The van der Waals surface area contributed by atoms with Gasteiger partial charge >= 0.3 is 0 Å². The van der Waals surface area contributed by atoms with Gasteiger partial charge in [-0.2, -0.15) is 0 Å². The van der Waals surface area contributed by atoms with Crippen molar-refractivity contribution in [3.05, 3.63) is 36.2 Å². The molecule has 4 heteroatoms. The van der Waals surface area contributed by atoms with Crippen LogP contribution >= 0.6 is 0 Å². The molecular weight excluding hydrogens is 262 g/mol. The summed E-state index contributed by atoms with van der Waals surface area (Å²) >= 11 is 0. The molecule has 0 amide bonds. The highest BCUT2D eigenvalue weighted by atomic mass is 16.4. The molecule has 2 aromatic rings. The summed E-state index contributed by atoms with van der Waals surface area (Å²) < 4.78 is 5.71. The topological polar surface area (TPSA) is 51.0 Å². The van der Waals surface area contributed by atoms with Crippen LogP contribution in [-0.4, -0.2) is 16.7 Å². The van der Waals surface area contributed by atoms with Crippen molar-refractivity contribution in [2.45, 2.75) is 45.6 Å². The smallest absolute Gasteiger partial charge is 0.247 e. The fourth-order valence-electron chi connectivity index (χ4n) is 3.08. The first-order valence-electron chi connectivity index (χ1n) is 7.84. The second kappa shape index (κ2) is 6.39. The summed E-state index contributed by atoms with van der Waals surface area (Å²) in [6.45, 7) is 4.05. The molecule has 1 aliphatic rings. The first kappa shape index (κ1) is 14.3. The monoisotopic (exact) mass is 285 g/mol. The van der Waals surface area contributed by atoms with E-state index in [1.807, 2.05) is 30.3 Å². The molecule has 0 atom stereocenters. The van der Waals surface area contributed by atoms with E-state index in [-0.39, 0.29) is 0 Å². The molecule has 0 saturated heterocycles. The lowest BCUT2D eigenvalue weighted by atomic mass is 9.76. The quantitative estimate of drug-likeness (QED) is 0.908. The molecule has 1 aromatic carbocycles. The van der Waals surface area contributed by atoms with Crippen molar-refractivity contribution in [2.24, 2.45) is 5.41 Å². The first-order chi connectivity index (χ1) is 10.3. The maximum Gasteiger partial charge on any atom is 0.247 e. The minimum Gasteiger partial charge on any atom is -0.419 e. The van der Waals surface area contributed by atoms with Crippen molar-refractivity contribution in [2.75, 3.05) is 6.54 Å². The third-order valence-corrected chi connectivity index (χ3v) is 4.38. The Morgan fingerprint density at radius 2 is 1.86 bits per heavy atom. The Hall–Kier alpha value is -1.68. The SMILES string of the molecule is CC1(CNCc2nnc(-c3ccccc3)o2)CCCCC1. The van der Waals surface area contributed by atoms with Crippen molar-refractivity contribution in [1.82, 2.24) is 15.5 Å². The summed E-state index contributed by atoms with van der Waals surface area (Å²) in [7, 11) is 0. The third kappa shape index (κ3) is 3.70. The van der Waals surface area contributed by atoms with Crippen LogP contribution in [0.3, 0.4) is 0 Å². The Labute approximate surface area is 126 Å². The van der Waals surface area contributed by atoms with Crippen molar-refractivity contribution in [3.63, 3.8) is 0 Å². The van der Waals surface area contributed by atoms with Crippen molar-refractivity contribution < 1.29 is 4.42 Å². The lowest BCUT2D eigenvalue weighted by Crippen LogP contribution is -2.33. The van der Waals surface area contributed by atoms with Crippen molar-refractivity contribution in [3.8, 4) is 11.5 Å². The zero-order valence-electron chi connectivity index (χ0n) is 12.6. The van der Waals surface area contributed by atoms with Gasteiger partial charge in [-0.3, -0.25) is 0 Å². The number of hydrogen-bond donors (Lipinski definition) is 1. The second-order valence-electron chi connectivity index (χ2n) is 6.34. The summed E-state index contributed by atoms with van der Waals surface area (Å²) in [6, 6.07) is 9.89. The predicted octanol–water partition coefficient (Wildman–Crippen LogP) is 3.80. The van der Waals surface area contributed by atoms with Crippen LogP contribution < -0.4 is 5.32 Å². The lowest BCUT2D eigenvalue weighted by molar-refractivity contribution is 0.205. The van der Waals surface area contributed by atoms with Gasteiger partial charge in [0.15, 0.2) is 0 Å². The Kier molecular flexibility index (Phi) is 4.34. The fourth-order valence-corrected chi connectivity index (χ4v) is 3.08. The molecule has 0 bridgehead atoms. The minimum atomic E-state index is 0.431. The first-order valence-corrected chi connectivity index (χ1v) is 7.84. The predicted molar refractivity (Wildman–Crippen MR) is 82.6 cm³/mol. The van der Waals surface area contributed by atoms with Crippen molar-refractivity contribution in [1.29, 1.82) is 0 Å². The number of nitrogens with one attached hydrogen (secondary N) is 1. The van der Waals surface area contributed by atoms with Crippen LogP contribution in [0.15, 0.2) is 34.7 Å². The maximum atomic E-state index is 5.71. The third-order valence-electron chi connectivity index (χ3n) is 4.38. The number of nitrogens with zero attached hydrogens (tertiary/aromatic N) is 2. The Balaban J connectivity index is 1.53. The van der Waals surface area contributed by atoms with Crippen molar-refractivity contribution >= 4 is 0 Å². The average molecular weight is 285 g/mol. The van der Waals surface area contributed by atoms with Gasteiger partial charge in [0.2, 0.25) is 11.8 Å². The molecule has 112 valence electrons. The van der Waals surface area contributed by atoms with Gasteiger partial charge < -0.3 is 9.73 Å². The molecule has 1 heterocycles. The van der Waals surface area contributed by atoms with Crippen LogP contribution in [0.4, 0.5) is 0 Å². The van der Waals surface area contributed by atoms with Gasteiger partial charge in [-0.15, -0.1) is 10.2 Å². The molecule has 0 radical (unpaired) electrons. The Bertz CT molecular complexity index is 558. The van der Waals surface area contributed by atoms with E-state index in [1.54, 1.807) is 0 Å². The normalized spacial score (nSPS) is 17.8. The van der Waals surface area contributed by atoms with E-state index in [2.05, 4.69) is 22.4 Å². The van der Waals surface area contributed by atoms with Gasteiger partial charge in [0.05, 0.1) is 6.54 Å². The largest absolute Gasteiger partial charge is 0.419 e. The molecule has 1 N–H and O–H groups in total. The molecule has 0 unspecified atom stereocenters. The van der Waals surface area contributed by atoms with Gasteiger partial charge in [0.25, 0.3) is 0 Å². The highest BCUT2D eigenvalue weighted by Gasteiger charge is 2.26. The number of aromatic nitrogens is 2.